The first kappa shape index (κ1) is 18.7. The van der Waals surface area contributed by atoms with Gasteiger partial charge >= 0.3 is 0 Å². The van der Waals surface area contributed by atoms with Gasteiger partial charge < -0.3 is 15.4 Å². The lowest BCUT2D eigenvalue weighted by Gasteiger charge is -2.23. The number of carbonyl (C=O) groups is 1. The second-order valence-electron chi connectivity index (χ2n) is 4.58. The van der Waals surface area contributed by atoms with Crippen molar-refractivity contribution in [1.82, 2.24) is 10.6 Å². The first-order valence-corrected chi connectivity index (χ1v) is 7.47. The molecule has 0 aromatic heterocycles. The Morgan fingerprint density at radius 1 is 1.19 bits per heavy atom. The average molecular weight is 374 g/mol. The van der Waals surface area contributed by atoms with Crippen LogP contribution in [0.2, 0.25) is 15.1 Å². The molecule has 21 heavy (non-hydrogen) atoms. The molecule has 1 heterocycles. The van der Waals surface area contributed by atoms with Crippen LogP contribution >= 0.6 is 47.2 Å². The molecule has 0 aliphatic carbocycles. The molecule has 2 rings (SSSR count). The van der Waals surface area contributed by atoms with Gasteiger partial charge in [0.05, 0.1) is 15.1 Å². The van der Waals surface area contributed by atoms with E-state index in [9.17, 15) is 4.79 Å². The van der Waals surface area contributed by atoms with Crippen LogP contribution in [0.25, 0.3) is 0 Å². The van der Waals surface area contributed by atoms with Gasteiger partial charge in [0, 0.05) is 12.1 Å². The van der Waals surface area contributed by atoms with Crippen molar-refractivity contribution in [3.63, 3.8) is 0 Å². The third-order valence-electron chi connectivity index (χ3n) is 3.04. The molecule has 4 nitrogen and oxygen atoms in total. The van der Waals surface area contributed by atoms with Crippen LogP contribution in [0.1, 0.15) is 12.8 Å². The number of hydrogen-bond donors (Lipinski definition) is 2. The Balaban J connectivity index is 0.00000220. The van der Waals surface area contributed by atoms with E-state index in [1.807, 2.05) is 0 Å². The summed E-state index contributed by atoms with van der Waals surface area (Å²) in [6.07, 6.45) is 1.86. The van der Waals surface area contributed by atoms with Crippen LogP contribution in [0, 0.1) is 0 Å². The third-order valence-corrected chi connectivity index (χ3v) is 4.06. The molecule has 1 fully saturated rings. The van der Waals surface area contributed by atoms with Crippen molar-refractivity contribution in [3.8, 4) is 5.75 Å². The van der Waals surface area contributed by atoms with Gasteiger partial charge in [-0.1, -0.05) is 34.8 Å². The zero-order valence-electron chi connectivity index (χ0n) is 11.1. The van der Waals surface area contributed by atoms with E-state index in [4.69, 9.17) is 39.5 Å². The molecule has 2 N–H and O–H groups in total. The molecule has 1 aliphatic rings. The summed E-state index contributed by atoms with van der Waals surface area (Å²) < 4.78 is 5.37. The van der Waals surface area contributed by atoms with E-state index < -0.39 is 0 Å². The maximum Gasteiger partial charge on any atom is 0.258 e. The Bertz CT molecular complexity index is 493. The average Bonchev–Trinajstić information content (AvgIpc) is 2.42. The number of piperidine rings is 1. The zero-order chi connectivity index (χ0) is 14.5. The molecule has 0 bridgehead atoms. The molecule has 8 heteroatoms. The van der Waals surface area contributed by atoms with Gasteiger partial charge in [-0.3, -0.25) is 4.79 Å². The maximum atomic E-state index is 11.8. The summed E-state index contributed by atoms with van der Waals surface area (Å²) >= 11 is 17.7. The molecule has 0 radical (unpaired) electrons. The van der Waals surface area contributed by atoms with Gasteiger partial charge in [-0.25, -0.2) is 0 Å². The second-order valence-corrected chi connectivity index (χ2v) is 5.80. The molecule has 1 amide bonds. The van der Waals surface area contributed by atoms with Gasteiger partial charge in [0.1, 0.15) is 5.75 Å². The highest BCUT2D eigenvalue weighted by molar-refractivity contribution is 6.43. The predicted molar refractivity (Wildman–Crippen MR) is 88.2 cm³/mol. The van der Waals surface area contributed by atoms with E-state index in [1.54, 1.807) is 0 Å². The smallest absolute Gasteiger partial charge is 0.258 e. The third kappa shape index (κ3) is 5.72. The first-order chi connectivity index (χ1) is 9.56. The highest BCUT2D eigenvalue weighted by Crippen LogP contribution is 2.33. The summed E-state index contributed by atoms with van der Waals surface area (Å²) in [7, 11) is 0. The predicted octanol–water partition coefficient (Wildman–Crippen LogP) is 3.32. The van der Waals surface area contributed by atoms with Gasteiger partial charge in [0.25, 0.3) is 5.91 Å². The zero-order valence-corrected chi connectivity index (χ0v) is 14.2. The van der Waals surface area contributed by atoms with Crippen molar-refractivity contribution in [3.05, 3.63) is 27.2 Å². The first-order valence-electron chi connectivity index (χ1n) is 6.33. The van der Waals surface area contributed by atoms with Crippen LogP contribution in [0.3, 0.4) is 0 Å². The molecule has 1 aliphatic heterocycles. The summed E-state index contributed by atoms with van der Waals surface area (Å²) in [5, 5.41) is 7.18. The minimum atomic E-state index is -0.168. The SMILES string of the molecule is Cl.O=C(COc1cc(Cl)c(Cl)cc1Cl)NC1CCNCC1. The normalized spacial score (nSPS) is 15.2. The highest BCUT2D eigenvalue weighted by atomic mass is 35.5. The van der Waals surface area contributed by atoms with E-state index in [-0.39, 0.29) is 31.0 Å². The topological polar surface area (TPSA) is 50.4 Å². The summed E-state index contributed by atoms with van der Waals surface area (Å²) in [5.74, 6) is 0.181. The summed E-state index contributed by atoms with van der Waals surface area (Å²) in [4.78, 5) is 11.8. The second kappa shape index (κ2) is 8.91. The van der Waals surface area contributed by atoms with Crippen molar-refractivity contribution in [1.29, 1.82) is 0 Å². The monoisotopic (exact) mass is 372 g/mol. The van der Waals surface area contributed by atoms with Crippen molar-refractivity contribution in [2.24, 2.45) is 0 Å². The molecule has 0 saturated carbocycles. The number of nitrogens with one attached hydrogen (secondary N) is 2. The van der Waals surface area contributed by atoms with Crippen molar-refractivity contribution in [2.75, 3.05) is 19.7 Å². The molecule has 1 aromatic carbocycles. The molecule has 1 aromatic rings. The molecule has 0 atom stereocenters. The molecular weight excluding hydrogens is 358 g/mol. The molecule has 118 valence electrons. The van der Waals surface area contributed by atoms with E-state index in [0.29, 0.717) is 20.8 Å². The number of benzene rings is 1. The standard InChI is InChI=1S/C13H15Cl3N2O2.ClH/c14-9-5-11(16)12(6-10(9)15)20-7-13(19)18-8-1-3-17-4-2-8;/h5-6,8,17H,1-4,7H2,(H,18,19);1H. The number of hydrogen-bond acceptors (Lipinski definition) is 3. The Kier molecular flexibility index (Phi) is 7.92. The minimum Gasteiger partial charge on any atom is -0.482 e. The lowest BCUT2D eigenvalue weighted by atomic mass is 10.1. The van der Waals surface area contributed by atoms with Crippen LogP contribution < -0.4 is 15.4 Å². The van der Waals surface area contributed by atoms with E-state index in [2.05, 4.69) is 10.6 Å². The fourth-order valence-corrected chi connectivity index (χ4v) is 2.59. The van der Waals surface area contributed by atoms with Gasteiger partial charge in [-0.05, 0) is 32.0 Å². The van der Waals surface area contributed by atoms with E-state index in [0.717, 1.165) is 25.9 Å². The van der Waals surface area contributed by atoms with E-state index >= 15 is 0 Å². The van der Waals surface area contributed by atoms with Crippen LogP contribution in [0.4, 0.5) is 0 Å². The molecule has 0 unspecified atom stereocenters. The lowest BCUT2D eigenvalue weighted by molar-refractivity contribution is -0.123. The Morgan fingerprint density at radius 3 is 2.48 bits per heavy atom. The number of rotatable bonds is 4. The van der Waals surface area contributed by atoms with Crippen molar-refractivity contribution in [2.45, 2.75) is 18.9 Å². The largest absolute Gasteiger partial charge is 0.482 e. The fraction of sp³-hybridized carbons (Fsp3) is 0.462. The minimum absolute atomic E-state index is 0. The molecule has 1 saturated heterocycles. The molecule has 0 spiro atoms. The van der Waals surface area contributed by atoms with Gasteiger partial charge in [-0.2, -0.15) is 0 Å². The van der Waals surface area contributed by atoms with Crippen molar-refractivity contribution < 1.29 is 9.53 Å². The number of carbonyl (C=O) groups excluding carboxylic acids is 1. The number of halogens is 4. The van der Waals surface area contributed by atoms with Crippen LogP contribution in [-0.2, 0) is 4.79 Å². The Morgan fingerprint density at radius 2 is 1.81 bits per heavy atom. The Hall–Kier alpha value is -0.390. The summed E-state index contributed by atoms with van der Waals surface area (Å²) in [6.45, 7) is 1.75. The highest BCUT2D eigenvalue weighted by Gasteiger charge is 2.16. The number of amides is 1. The fourth-order valence-electron chi connectivity index (χ4n) is 1.99. The maximum absolute atomic E-state index is 11.8. The van der Waals surface area contributed by atoms with Crippen LogP contribution in [-0.4, -0.2) is 31.6 Å². The number of ether oxygens (including phenoxy) is 1. The van der Waals surface area contributed by atoms with Gasteiger partial charge in [0.2, 0.25) is 0 Å². The molecular formula is C13H16Cl4N2O2. The van der Waals surface area contributed by atoms with Crippen molar-refractivity contribution >= 4 is 53.1 Å². The summed E-state index contributed by atoms with van der Waals surface area (Å²) in [6, 6.07) is 3.20. The quantitative estimate of drug-likeness (QED) is 0.796. The van der Waals surface area contributed by atoms with E-state index in [1.165, 1.54) is 12.1 Å². The van der Waals surface area contributed by atoms with Gasteiger partial charge in [0.15, 0.2) is 6.61 Å². The van der Waals surface area contributed by atoms with Crippen LogP contribution in [0.5, 0.6) is 5.75 Å². The van der Waals surface area contributed by atoms with Gasteiger partial charge in [-0.15, -0.1) is 12.4 Å². The van der Waals surface area contributed by atoms with Crippen LogP contribution in [0.15, 0.2) is 12.1 Å². The Labute approximate surface area is 144 Å². The lowest BCUT2D eigenvalue weighted by Crippen LogP contribution is -2.44. The summed E-state index contributed by atoms with van der Waals surface area (Å²) in [5.41, 5.74) is 0.